The lowest BCUT2D eigenvalue weighted by atomic mass is 9.98. The highest BCUT2D eigenvalue weighted by Gasteiger charge is 2.29. The molecule has 5 heteroatoms. The van der Waals surface area contributed by atoms with E-state index in [4.69, 9.17) is 23.2 Å². The molecule has 3 nitrogen and oxygen atoms in total. The van der Waals surface area contributed by atoms with Crippen LogP contribution in [0.25, 0.3) is 0 Å². The van der Waals surface area contributed by atoms with Crippen LogP contribution in [0.4, 0.5) is 10.5 Å². The molecule has 1 fully saturated rings. The summed E-state index contributed by atoms with van der Waals surface area (Å²) < 4.78 is 0. The van der Waals surface area contributed by atoms with Crippen LogP contribution in [0.1, 0.15) is 33.1 Å². The molecule has 1 aromatic rings. The Hall–Kier alpha value is -0.930. The molecule has 19 heavy (non-hydrogen) atoms. The summed E-state index contributed by atoms with van der Waals surface area (Å²) >= 11 is 12.0. The van der Waals surface area contributed by atoms with E-state index in [1.807, 2.05) is 4.90 Å². The monoisotopic (exact) mass is 300 g/mol. The molecule has 2 atom stereocenters. The van der Waals surface area contributed by atoms with Gasteiger partial charge in [0.25, 0.3) is 0 Å². The number of halogens is 2. The number of anilines is 1. The van der Waals surface area contributed by atoms with Crippen molar-refractivity contribution in [3.63, 3.8) is 0 Å². The smallest absolute Gasteiger partial charge is 0.319 e. The highest BCUT2D eigenvalue weighted by atomic mass is 35.5. The van der Waals surface area contributed by atoms with Gasteiger partial charge < -0.3 is 10.2 Å². The van der Waals surface area contributed by atoms with E-state index < -0.39 is 0 Å². The first-order chi connectivity index (χ1) is 9.00. The van der Waals surface area contributed by atoms with E-state index >= 15 is 0 Å². The molecule has 1 saturated heterocycles. The summed E-state index contributed by atoms with van der Waals surface area (Å²) in [5.41, 5.74) is 0.559. The Kier molecular flexibility index (Phi) is 4.58. The zero-order valence-corrected chi connectivity index (χ0v) is 12.6. The van der Waals surface area contributed by atoms with Gasteiger partial charge in [0.15, 0.2) is 0 Å². The lowest BCUT2D eigenvalue weighted by molar-refractivity contribution is 0.133. The van der Waals surface area contributed by atoms with Crippen molar-refractivity contribution >= 4 is 34.9 Å². The van der Waals surface area contributed by atoms with Crippen molar-refractivity contribution in [3.8, 4) is 0 Å². The number of hydrogen-bond acceptors (Lipinski definition) is 1. The quantitative estimate of drug-likeness (QED) is 0.794. The molecule has 0 radical (unpaired) electrons. The Morgan fingerprint density at radius 3 is 2.53 bits per heavy atom. The van der Waals surface area contributed by atoms with Gasteiger partial charge in [0.2, 0.25) is 0 Å². The molecule has 0 bridgehead atoms. The molecule has 0 spiro atoms. The topological polar surface area (TPSA) is 32.3 Å². The maximum atomic E-state index is 12.4. The number of piperidine rings is 1. The molecule has 2 amide bonds. The van der Waals surface area contributed by atoms with Crippen molar-refractivity contribution in [1.82, 2.24) is 4.90 Å². The highest BCUT2D eigenvalue weighted by molar-refractivity contribution is 6.43. The van der Waals surface area contributed by atoms with Gasteiger partial charge in [0.1, 0.15) is 0 Å². The van der Waals surface area contributed by atoms with Crippen LogP contribution in [0.15, 0.2) is 18.2 Å². The van der Waals surface area contributed by atoms with Crippen molar-refractivity contribution in [1.29, 1.82) is 0 Å². The third-order valence-electron chi connectivity index (χ3n) is 3.62. The normalized spacial score (nSPS) is 23.3. The molecule has 1 heterocycles. The van der Waals surface area contributed by atoms with Gasteiger partial charge in [-0.3, -0.25) is 0 Å². The lowest BCUT2D eigenvalue weighted by Crippen LogP contribution is -2.49. The Morgan fingerprint density at radius 1 is 1.26 bits per heavy atom. The molecule has 0 aliphatic carbocycles. The van der Waals surface area contributed by atoms with Gasteiger partial charge in [-0.15, -0.1) is 0 Å². The van der Waals surface area contributed by atoms with E-state index in [0.29, 0.717) is 15.7 Å². The zero-order valence-electron chi connectivity index (χ0n) is 11.1. The summed E-state index contributed by atoms with van der Waals surface area (Å²) in [6, 6.07) is 5.62. The minimum absolute atomic E-state index is 0.108. The van der Waals surface area contributed by atoms with Crippen LogP contribution in [0.2, 0.25) is 10.0 Å². The summed E-state index contributed by atoms with van der Waals surface area (Å²) in [5.74, 6) is 0. The lowest BCUT2D eigenvalue weighted by Gasteiger charge is -2.38. The molecule has 0 aromatic heterocycles. The van der Waals surface area contributed by atoms with Gasteiger partial charge in [0.05, 0.1) is 15.7 Å². The van der Waals surface area contributed by atoms with Crippen LogP contribution >= 0.6 is 23.2 Å². The number of urea groups is 1. The van der Waals surface area contributed by atoms with Gasteiger partial charge in [-0.25, -0.2) is 4.79 Å². The average molecular weight is 301 g/mol. The summed E-state index contributed by atoms with van der Waals surface area (Å²) in [5, 5.41) is 3.68. The Morgan fingerprint density at radius 2 is 1.89 bits per heavy atom. The maximum absolute atomic E-state index is 12.4. The van der Waals surface area contributed by atoms with Gasteiger partial charge in [0, 0.05) is 12.1 Å². The van der Waals surface area contributed by atoms with Crippen LogP contribution in [0.5, 0.6) is 0 Å². The van der Waals surface area contributed by atoms with E-state index in [1.54, 1.807) is 18.2 Å². The summed E-state index contributed by atoms with van der Waals surface area (Å²) in [6.07, 6.45) is 3.26. The summed E-state index contributed by atoms with van der Waals surface area (Å²) in [7, 11) is 0. The van der Waals surface area contributed by atoms with Crippen LogP contribution in [-0.2, 0) is 0 Å². The molecule has 2 rings (SSSR count). The second-order valence-corrected chi connectivity index (χ2v) is 5.85. The number of amides is 2. The number of hydrogen-bond donors (Lipinski definition) is 1. The van der Waals surface area contributed by atoms with Crippen LogP contribution in [-0.4, -0.2) is 23.0 Å². The van der Waals surface area contributed by atoms with Crippen LogP contribution in [0, 0.1) is 0 Å². The SMILES string of the molecule is C[C@H]1CCC[C@H](C)N1C(=O)Nc1cccc(Cl)c1Cl. The number of rotatable bonds is 1. The first-order valence-corrected chi connectivity index (χ1v) is 7.29. The predicted octanol–water partition coefficient (Wildman–Crippen LogP) is 4.79. The molecular weight excluding hydrogens is 283 g/mol. The molecule has 0 saturated carbocycles. The third-order valence-corrected chi connectivity index (χ3v) is 4.44. The predicted molar refractivity (Wildman–Crippen MR) is 80.1 cm³/mol. The molecule has 1 aromatic carbocycles. The van der Waals surface area contributed by atoms with E-state index in [2.05, 4.69) is 19.2 Å². The second kappa shape index (κ2) is 6.02. The molecule has 1 N–H and O–H groups in total. The zero-order chi connectivity index (χ0) is 14.0. The van der Waals surface area contributed by atoms with Crippen molar-refractivity contribution in [2.45, 2.75) is 45.2 Å². The maximum Gasteiger partial charge on any atom is 0.322 e. The number of nitrogens with one attached hydrogen (secondary N) is 1. The van der Waals surface area contributed by atoms with Crippen molar-refractivity contribution in [2.24, 2.45) is 0 Å². The third kappa shape index (κ3) is 3.15. The Labute approximate surface area is 123 Å². The largest absolute Gasteiger partial charge is 0.322 e. The first-order valence-electron chi connectivity index (χ1n) is 6.54. The van der Waals surface area contributed by atoms with E-state index in [9.17, 15) is 4.79 Å². The summed E-state index contributed by atoms with van der Waals surface area (Å²) in [4.78, 5) is 14.3. The van der Waals surface area contributed by atoms with E-state index in [0.717, 1.165) is 12.8 Å². The highest BCUT2D eigenvalue weighted by Crippen LogP contribution is 2.30. The standard InChI is InChI=1S/C14H18Cl2N2O/c1-9-5-3-6-10(2)18(9)14(19)17-12-8-4-7-11(15)13(12)16/h4,7-10H,3,5-6H2,1-2H3,(H,17,19)/t9-,10-/m0/s1. The first kappa shape index (κ1) is 14.5. The molecule has 104 valence electrons. The van der Waals surface area contributed by atoms with Gasteiger partial charge in [-0.2, -0.15) is 0 Å². The molecule has 1 aliphatic rings. The number of benzene rings is 1. The number of likely N-dealkylation sites (tertiary alicyclic amines) is 1. The Bertz CT molecular complexity index is 469. The van der Waals surface area contributed by atoms with Gasteiger partial charge in [-0.1, -0.05) is 29.3 Å². The fraction of sp³-hybridized carbons (Fsp3) is 0.500. The fourth-order valence-corrected chi connectivity index (χ4v) is 2.95. The molecule has 0 unspecified atom stereocenters. The molecular formula is C14H18Cl2N2O. The van der Waals surface area contributed by atoms with Crippen LogP contribution in [0.3, 0.4) is 0 Å². The van der Waals surface area contributed by atoms with Crippen molar-refractivity contribution in [3.05, 3.63) is 28.2 Å². The fourth-order valence-electron chi connectivity index (χ4n) is 2.60. The molecule has 1 aliphatic heterocycles. The van der Waals surface area contributed by atoms with E-state index in [1.165, 1.54) is 6.42 Å². The summed E-state index contributed by atoms with van der Waals surface area (Å²) in [6.45, 7) is 4.16. The van der Waals surface area contributed by atoms with Gasteiger partial charge in [-0.05, 0) is 45.2 Å². The number of carbonyl (C=O) groups is 1. The van der Waals surface area contributed by atoms with Crippen molar-refractivity contribution in [2.75, 3.05) is 5.32 Å². The number of carbonyl (C=O) groups excluding carboxylic acids is 1. The van der Waals surface area contributed by atoms with E-state index in [-0.39, 0.29) is 18.1 Å². The minimum Gasteiger partial charge on any atom is -0.319 e. The average Bonchev–Trinajstić information content (AvgIpc) is 2.35. The second-order valence-electron chi connectivity index (χ2n) is 5.07. The minimum atomic E-state index is -0.108. The van der Waals surface area contributed by atoms with Crippen LogP contribution < -0.4 is 5.32 Å². The number of nitrogens with zero attached hydrogens (tertiary/aromatic N) is 1. The van der Waals surface area contributed by atoms with Gasteiger partial charge >= 0.3 is 6.03 Å². The Balaban J connectivity index is 2.14. The van der Waals surface area contributed by atoms with Crippen molar-refractivity contribution < 1.29 is 4.79 Å².